The van der Waals surface area contributed by atoms with Crippen molar-refractivity contribution in [2.75, 3.05) is 19.5 Å². The predicted octanol–water partition coefficient (Wildman–Crippen LogP) is 1.01. The first kappa shape index (κ1) is 29.5. The standard InChI is InChI=1S/C22H29IN7O8P/c1-11(18(32)33)29-39(35,25-9-12-7-5-4-6-8-12)37-10-13-15(31)22(2,34)19(38-13)30-16-14(26-20(30)23)17(36-3)28-21(24)27-16/h4-8,11,13,15,19,31,34H,9-10H2,1-3H3,(H,32,33)(H2,24,27,28)(H2,25,29,35)/t11?,13-,15-,19-,22-,39?/m1/s1. The van der Waals surface area contributed by atoms with Crippen molar-refractivity contribution in [2.24, 2.45) is 0 Å². The molecule has 2 aromatic heterocycles. The molecule has 3 aromatic rings. The largest absolute Gasteiger partial charge is 0.480 e. The zero-order chi connectivity index (χ0) is 28.5. The molecule has 212 valence electrons. The molecule has 0 radical (unpaired) electrons. The number of fused-ring (bicyclic) bond motifs is 1. The number of ether oxygens (including phenoxy) is 2. The van der Waals surface area contributed by atoms with Gasteiger partial charge in [-0.3, -0.25) is 13.9 Å². The minimum absolute atomic E-state index is 0.0981. The normalized spacial score (nSPS) is 25.4. The number of carboxylic acids is 1. The zero-order valence-electron chi connectivity index (χ0n) is 21.2. The van der Waals surface area contributed by atoms with E-state index in [1.807, 2.05) is 28.7 Å². The van der Waals surface area contributed by atoms with Crippen molar-refractivity contribution in [1.29, 1.82) is 0 Å². The van der Waals surface area contributed by atoms with Gasteiger partial charge in [-0.1, -0.05) is 30.3 Å². The molecule has 2 unspecified atom stereocenters. The zero-order valence-corrected chi connectivity index (χ0v) is 24.2. The van der Waals surface area contributed by atoms with Crippen LogP contribution in [0, 0.1) is 3.83 Å². The monoisotopic (exact) mass is 677 g/mol. The number of imidazole rings is 1. The molecule has 0 bridgehead atoms. The second-order valence-electron chi connectivity index (χ2n) is 9.07. The van der Waals surface area contributed by atoms with E-state index >= 15 is 0 Å². The number of hydrogen-bond acceptors (Lipinski definition) is 11. The molecule has 1 saturated heterocycles. The van der Waals surface area contributed by atoms with Crippen molar-refractivity contribution in [2.45, 2.75) is 50.5 Å². The molecule has 1 aliphatic heterocycles. The molecule has 1 aliphatic rings. The van der Waals surface area contributed by atoms with Crippen molar-refractivity contribution >= 4 is 53.3 Å². The summed E-state index contributed by atoms with van der Waals surface area (Å²) in [6.07, 6.45) is -3.89. The van der Waals surface area contributed by atoms with Gasteiger partial charge in [0.15, 0.2) is 21.2 Å². The average molecular weight is 677 g/mol. The number of aromatic nitrogens is 4. The van der Waals surface area contributed by atoms with Crippen LogP contribution in [0.25, 0.3) is 11.2 Å². The highest BCUT2D eigenvalue weighted by Gasteiger charge is 2.54. The summed E-state index contributed by atoms with van der Waals surface area (Å²) in [6, 6.07) is 7.81. The van der Waals surface area contributed by atoms with Crippen LogP contribution in [-0.4, -0.2) is 78.4 Å². The quantitative estimate of drug-likeness (QED) is 0.0949. The molecule has 3 heterocycles. The number of aliphatic hydroxyl groups is 2. The molecule has 17 heteroatoms. The second kappa shape index (κ2) is 11.6. The van der Waals surface area contributed by atoms with E-state index in [0.29, 0.717) is 3.83 Å². The number of aliphatic carboxylic acids is 1. The lowest BCUT2D eigenvalue weighted by Gasteiger charge is -2.28. The number of nitrogens with two attached hydrogens (primary N) is 1. The number of carbonyl (C=O) groups is 1. The molecule has 6 atom stereocenters. The summed E-state index contributed by atoms with van der Waals surface area (Å²) in [5, 5.41) is 36.8. The van der Waals surface area contributed by atoms with Gasteiger partial charge in [0.2, 0.25) is 11.8 Å². The number of carboxylic acid groups (broad SMARTS) is 1. The fourth-order valence-corrected chi connectivity index (χ4v) is 6.40. The molecule has 0 spiro atoms. The Hall–Kier alpha value is -2.44. The highest BCUT2D eigenvalue weighted by atomic mass is 127. The van der Waals surface area contributed by atoms with E-state index in [2.05, 4.69) is 25.1 Å². The summed E-state index contributed by atoms with van der Waals surface area (Å²) in [5.41, 5.74) is 5.20. The number of hydrogen-bond donors (Lipinski definition) is 6. The highest BCUT2D eigenvalue weighted by Crippen LogP contribution is 2.44. The summed E-state index contributed by atoms with van der Waals surface area (Å²) < 4.78 is 32.3. The summed E-state index contributed by atoms with van der Waals surface area (Å²) in [4.78, 5) is 24.0. The van der Waals surface area contributed by atoms with Gasteiger partial charge in [-0.05, 0) is 19.4 Å². The fourth-order valence-electron chi connectivity index (χ4n) is 4.05. The highest BCUT2D eigenvalue weighted by molar-refractivity contribution is 14.1. The maximum Gasteiger partial charge on any atom is 0.341 e. The lowest BCUT2D eigenvalue weighted by atomic mass is 9.96. The van der Waals surface area contributed by atoms with Crippen molar-refractivity contribution in [3.8, 4) is 5.88 Å². The Bertz CT molecular complexity index is 1390. The topological polar surface area (TPSA) is 216 Å². The Balaban J connectivity index is 1.57. The molecule has 39 heavy (non-hydrogen) atoms. The number of halogens is 1. The minimum Gasteiger partial charge on any atom is -0.480 e. The third-order valence-electron chi connectivity index (χ3n) is 6.15. The van der Waals surface area contributed by atoms with E-state index in [1.165, 1.54) is 25.5 Å². The average Bonchev–Trinajstić information content (AvgIpc) is 3.33. The van der Waals surface area contributed by atoms with Crippen LogP contribution in [0.2, 0.25) is 0 Å². The smallest absolute Gasteiger partial charge is 0.341 e. The van der Waals surface area contributed by atoms with Gasteiger partial charge in [0.1, 0.15) is 23.9 Å². The Morgan fingerprint density at radius 2 is 2.03 bits per heavy atom. The van der Waals surface area contributed by atoms with Crippen LogP contribution in [-0.2, 0) is 25.2 Å². The van der Waals surface area contributed by atoms with E-state index < -0.39 is 50.3 Å². The van der Waals surface area contributed by atoms with Crippen LogP contribution in [0.15, 0.2) is 30.3 Å². The SMILES string of the molecule is COc1nc(N)nc2c1nc(I)n2[C@@H]1O[C@H](COP(=O)(NCc2ccccc2)NC(C)C(=O)O)[C@@H](O)[C@@]1(C)O. The summed E-state index contributed by atoms with van der Waals surface area (Å²) in [7, 11) is -2.59. The Labute approximate surface area is 236 Å². The predicted molar refractivity (Wildman–Crippen MR) is 147 cm³/mol. The van der Waals surface area contributed by atoms with Gasteiger partial charge in [0.05, 0.1) is 13.7 Å². The molecule has 1 aromatic carbocycles. The molecule has 15 nitrogen and oxygen atoms in total. The van der Waals surface area contributed by atoms with Gasteiger partial charge < -0.3 is 35.1 Å². The first-order valence-corrected chi connectivity index (χ1v) is 14.4. The lowest BCUT2D eigenvalue weighted by molar-refractivity contribution is -0.138. The third kappa shape index (κ3) is 6.17. The number of benzene rings is 1. The van der Waals surface area contributed by atoms with Gasteiger partial charge in [0, 0.05) is 29.1 Å². The summed E-state index contributed by atoms with van der Waals surface area (Å²) >= 11 is 1.91. The van der Waals surface area contributed by atoms with Gasteiger partial charge in [-0.15, -0.1) is 0 Å². The minimum atomic E-state index is -3.99. The van der Waals surface area contributed by atoms with Gasteiger partial charge in [0.25, 0.3) is 0 Å². The fraction of sp³-hybridized carbons (Fsp3) is 0.455. The number of nitrogens with one attached hydrogen (secondary N) is 2. The summed E-state index contributed by atoms with van der Waals surface area (Å²) in [6.45, 7) is 2.33. The van der Waals surface area contributed by atoms with Crippen LogP contribution in [0.4, 0.5) is 5.95 Å². The number of aliphatic hydroxyl groups excluding tert-OH is 1. The third-order valence-corrected chi connectivity index (χ3v) is 8.73. The van der Waals surface area contributed by atoms with E-state index in [-0.39, 0.29) is 29.5 Å². The number of nitrogen functional groups attached to an aromatic ring is 1. The Morgan fingerprint density at radius 1 is 1.33 bits per heavy atom. The lowest BCUT2D eigenvalue weighted by Crippen LogP contribution is -2.45. The Morgan fingerprint density at radius 3 is 2.67 bits per heavy atom. The number of anilines is 1. The first-order chi connectivity index (χ1) is 18.4. The van der Waals surface area contributed by atoms with Crippen molar-refractivity contribution in [3.63, 3.8) is 0 Å². The molecule has 0 saturated carbocycles. The second-order valence-corrected chi connectivity index (χ2v) is 12.0. The van der Waals surface area contributed by atoms with Crippen LogP contribution in [0.1, 0.15) is 25.6 Å². The van der Waals surface area contributed by atoms with Gasteiger partial charge in [-0.2, -0.15) is 9.97 Å². The molecule has 0 aliphatic carbocycles. The van der Waals surface area contributed by atoms with E-state index in [0.717, 1.165) is 5.56 Å². The maximum absolute atomic E-state index is 13.6. The van der Waals surface area contributed by atoms with Crippen molar-refractivity contribution in [1.82, 2.24) is 29.7 Å². The van der Waals surface area contributed by atoms with Crippen molar-refractivity contribution in [3.05, 3.63) is 39.7 Å². The van der Waals surface area contributed by atoms with Crippen LogP contribution in [0.3, 0.4) is 0 Å². The Kier molecular flexibility index (Phi) is 8.77. The van der Waals surface area contributed by atoms with E-state index in [4.69, 9.17) is 19.7 Å². The molecule has 0 amide bonds. The number of nitrogens with zero attached hydrogens (tertiary/aromatic N) is 4. The van der Waals surface area contributed by atoms with Crippen molar-refractivity contribution < 1.29 is 38.7 Å². The van der Waals surface area contributed by atoms with E-state index in [1.54, 1.807) is 24.3 Å². The summed E-state index contributed by atoms with van der Waals surface area (Å²) in [5.74, 6) is -1.21. The molecule has 1 fully saturated rings. The number of rotatable bonds is 11. The molecule has 7 N–H and O–H groups in total. The van der Waals surface area contributed by atoms with E-state index in [9.17, 15) is 24.7 Å². The van der Waals surface area contributed by atoms with Crippen LogP contribution in [0.5, 0.6) is 5.88 Å². The number of methoxy groups -OCH3 is 1. The van der Waals surface area contributed by atoms with Crippen LogP contribution >= 0.6 is 30.3 Å². The van der Waals surface area contributed by atoms with Crippen LogP contribution < -0.4 is 20.6 Å². The molecular weight excluding hydrogens is 648 g/mol. The first-order valence-electron chi connectivity index (χ1n) is 11.7. The molecular formula is C22H29IN7O8P. The maximum atomic E-state index is 13.6. The van der Waals surface area contributed by atoms with Gasteiger partial charge >= 0.3 is 13.6 Å². The molecule has 4 rings (SSSR count). The van der Waals surface area contributed by atoms with Gasteiger partial charge in [-0.25, -0.2) is 15.2 Å².